The van der Waals surface area contributed by atoms with Crippen LogP contribution >= 0.6 is 0 Å². The lowest BCUT2D eigenvalue weighted by Crippen LogP contribution is -2.02. The fourth-order valence-corrected chi connectivity index (χ4v) is 1.63. The van der Waals surface area contributed by atoms with E-state index in [9.17, 15) is 0 Å². The van der Waals surface area contributed by atoms with Crippen LogP contribution in [-0.2, 0) is 6.42 Å². The van der Waals surface area contributed by atoms with Crippen LogP contribution in [0.1, 0.15) is 12.8 Å². The van der Waals surface area contributed by atoms with E-state index in [1.165, 1.54) is 0 Å². The minimum Gasteiger partial charge on any atom is -0.493 e. The minimum atomic E-state index is 0.535. The van der Waals surface area contributed by atoms with Crippen LogP contribution in [0.2, 0.25) is 0 Å². The van der Waals surface area contributed by atoms with Crippen LogP contribution in [0, 0.1) is 0 Å². The molecule has 0 aliphatic heterocycles. The molecule has 4 heteroatoms. The number of nitrogens with two attached hydrogens (primary N) is 1. The summed E-state index contributed by atoms with van der Waals surface area (Å²) in [6.07, 6.45) is 2.36. The molecule has 0 amide bonds. The van der Waals surface area contributed by atoms with Crippen LogP contribution in [0.3, 0.4) is 0 Å². The normalized spacial score (nSPS) is 10.5. The zero-order chi connectivity index (χ0) is 12.1. The van der Waals surface area contributed by atoms with Gasteiger partial charge < -0.3 is 14.9 Å². The molecule has 2 N–H and O–H groups in total. The van der Waals surface area contributed by atoms with Crippen molar-refractivity contribution >= 4 is 0 Å². The molecule has 1 heterocycles. The predicted molar refractivity (Wildman–Crippen MR) is 65.9 cm³/mol. The van der Waals surface area contributed by atoms with E-state index in [2.05, 4.69) is 4.98 Å². The highest BCUT2D eigenvalue weighted by Crippen LogP contribution is 2.30. The van der Waals surface area contributed by atoms with Gasteiger partial charge in [-0.25, -0.2) is 4.98 Å². The lowest BCUT2D eigenvalue weighted by atomic mass is 10.1. The molecule has 17 heavy (non-hydrogen) atoms. The number of ether oxygens (including phenoxy) is 1. The van der Waals surface area contributed by atoms with Crippen molar-refractivity contribution < 1.29 is 9.15 Å². The smallest absolute Gasteiger partial charge is 0.196 e. The maximum Gasteiger partial charge on any atom is 0.196 e. The molecule has 90 valence electrons. The maximum absolute atomic E-state index is 5.63. The Morgan fingerprint density at radius 3 is 2.94 bits per heavy atom. The maximum atomic E-state index is 5.63. The Hall–Kier alpha value is -1.81. The molecule has 1 aromatic carbocycles. The molecular weight excluding hydrogens is 216 g/mol. The Labute approximate surface area is 100 Å². The second-order valence-corrected chi connectivity index (χ2v) is 3.59. The van der Waals surface area contributed by atoms with Crippen LogP contribution in [0.5, 0.6) is 5.75 Å². The van der Waals surface area contributed by atoms with Gasteiger partial charge in [-0.2, -0.15) is 0 Å². The number of hydrogen-bond donors (Lipinski definition) is 1. The quantitative estimate of drug-likeness (QED) is 0.858. The number of hydrogen-bond acceptors (Lipinski definition) is 4. The lowest BCUT2D eigenvalue weighted by Gasteiger charge is -2.06. The van der Waals surface area contributed by atoms with Gasteiger partial charge in [0.2, 0.25) is 0 Å². The first-order chi connectivity index (χ1) is 8.35. The van der Waals surface area contributed by atoms with Gasteiger partial charge in [0.05, 0.1) is 18.4 Å². The molecule has 2 rings (SSSR count). The van der Waals surface area contributed by atoms with Crippen molar-refractivity contribution in [1.82, 2.24) is 4.98 Å². The van der Waals surface area contributed by atoms with E-state index in [1.54, 1.807) is 6.20 Å². The average Bonchev–Trinajstić information content (AvgIpc) is 2.79. The van der Waals surface area contributed by atoms with E-state index < -0.39 is 0 Å². The van der Waals surface area contributed by atoms with Gasteiger partial charge in [-0.15, -0.1) is 0 Å². The Morgan fingerprint density at radius 2 is 2.18 bits per heavy atom. The molecular formula is C13H16N2O2. The Balaban J connectivity index is 2.31. The summed E-state index contributed by atoms with van der Waals surface area (Å²) >= 11 is 0. The number of nitrogens with zero attached hydrogens (tertiary/aromatic N) is 1. The van der Waals surface area contributed by atoms with Gasteiger partial charge in [0.15, 0.2) is 11.7 Å². The first-order valence-electron chi connectivity index (χ1n) is 5.72. The van der Waals surface area contributed by atoms with Crippen LogP contribution in [0.4, 0.5) is 0 Å². The SMILES string of the molecule is CCOc1ccccc1-c1cnc(CCN)o1. The summed E-state index contributed by atoms with van der Waals surface area (Å²) in [5.74, 6) is 2.19. The topological polar surface area (TPSA) is 61.3 Å². The van der Waals surface area contributed by atoms with E-state index in [1.807, 2.05) is 31.2 Å². The molecule has 4 nitrogen and oxygen atoms in total. The fourth-order valence-electron chi connectivity index (χ4n) is 1.63. The van der Waals surface area contributed by atoms with Crippen LogP contribution in [0.25, 0.3) is 11.3 Å². The third kappa shape index (κ3) is 2.65. The Kier molecular flexibility index (Phi) is 3.77. The molecule has 2 aromatic rings. The number of aromatic nitrogens is 1. The van der Waals surface area contributed by atoms with Gasteiger partial charge >= 0.3 is 0 Å². The highest BCUT2D eigenvalue weighted by molar-refractivity contribution is 5.64. The van der Waals surface area contributed by atoms with E-state index in [0.717, 1.165) is 17.1 Å². The van der Waals surface area contributed by atoms with Crippen molar-refractivity contribution in [3.8, 4) is 17.1 Å². The van der Waals surface area contributed by atoms with Gasteiger partial charge in [0.1, 0.15) is 5.75 Å². The Morgan fingerprint density at radius 1 is 1.35 bits per heavy atom. The second-order valence-electron chi connectivity index (χ2n) is 3.59. The summed E-state index contributed by atoms with van der Waals surface area (Å²) in [5, 5.41) is 0. The zero-order valence-electron chi connectivity index (χ0n) is 9.85. The van der Waals surface area contributed by atoms with Crippen molar-refractivity contribution in [2.75, 3.05) is 13.2 Å². The highest BCUT2D eigenvalue weighted by atomic mass is 16.5. The highest BCUT2D eigenvalue weighted by Gasteiger charge is 2.10. The summed E-state index contributed by atoms with van der Waals surface area (Å²) in [4.78, 5) is 4.18. The summed E-state index contributed by atoms with van der Waals surface area (Å²) in [6, 6.07) is 7.76. The molecule has 0 fully saturated rings. The van der Waals surface area contributed by atoms with Crippen molar-refractivity contribution in [2.45, 2.75) is 13.3 Å². The number of benzene rings is 1. The van der Waals surface area contributed by atoms with Gasteiger partial charge in [-0.1, -0.05) is 12.1 Å². The molecule has 1 aromatic heterocycles. The van der Waals surface area contributed by atoms with Crippen molar-refractivity contribution in [3.05, 3.63) is 36.4 Å². The molecule has 0 saturated heterocycles. The first-order valence-corrected chi connectivity index (χ1v) is 5.72. The largest absolute Gasteiger partial charge is 0.493 e. The monoisotopic (exact) mass is 232 g/mol. The number of rotatable bonds is 5. The third-order valence-corrected chi connectivity index (χ3v) is 2.36. The van der Waals surface area contributed by atoms with Crippen LogP contribution in [-0.4, -0.2) is 18.1 Å². The first kappa shape index (κ1) is 11.7. The Bertz CT molecular complexity index is 480. The zero-order valence-corrected chi connectivity index (χ0v) is 9.85. The van der Waals surface area contributed by atoms with Crippen LogP contribution < -0.4 is 10.5 Å². The molecule has 0 bridgehead atoms. The average molecular weight is 232 g/mol. The molecule has 0 unspecified atom stereocenters. The molecule has 0 radical (unpaired) electrons. The van der Waals surface area contributed by atoms with Crippen molar-refractivity contribution in [1.29, 1.82) is 0 Å². The van der Waals surface area contributed by atoms with E-state index >= 15 is 0 Å². The second kappa shape index (κ2) is 5.50. The molecule has 0 spiro atoms. The van der Waals surface area contributed by atoms with Crippen molar-refractivity contribution in [3.63, 3.8) is 0 Å². The standard InChI is InChI=1S/C13H16N2O2/c1-2-16-11-6-4-3-5-10(11)12-9-15-13(17-12)7-8-14/h3-6,9H,2,7-8,14H2,1H3. The number of oxazole rings is 1. The predicted octanol–water partition coefficient (Wildman–Crippen LogP) is 2.24. The van der Waals surface area contributed by atoms with Crippen molar-refractivity contribution in [2.24, 2.45) is 5.73 Å². The third-order valence-electron chi connectivity index (χ3n) is 2.36. The molecule has 0 saturated carbocycles. The van der Waals surface area contributed by atoms with Gasteiger partial charge in [-0.05, 0) is 19.1 Å². The van der Waals surface area contributed by atoms with Crippen LogP contribution in [0.15, 0.2) is 34.9 Å². The molecule has 0 aliphatic carbocycles. The molecule has 0 atom stereocenters. The lowest BCUT2D eigenvalue weighted by molar-refractivity contribution is 0.340. The summed E-state index contributed by atoms with van der Waals surface area (Å²) in [7, 11) is 0. The summed E-state index contributed by atoms with van der Waals surface area (Å²) < 4.78 is 11.2. The van der Waals surface area contributed by atoms with E-state index in [-0.39, 0.29) is 0 Å². The van der Waals surface area contributed by atoms with E-state index in [4.69, 9.17) is 14.9 Å². The fraction of sp³-hybridized carbons (Fsp3) is 0.308. The molecule has 0 aliphatic rings. The summed E-state index contributed by atoms with van der Waals surface area (Å²) in [6.45, 7) is 3.12. The minimum absolute atomic E-state index is 0.535. The van der Waals surface area contributed by atoms with Gasteiger partial charge in [-0.3, -0.25) is 0 Å². The summed E-state index contributed by atoms with van der Waals surface area (Å²) in [5.41, 5.74) is 6.38. The van der Waals surface area contributed by atoms with Gasteiger partial charge in [0, 0.05) is 13.0 Å². The van der Waals surface area contributed by atoms with E-state index in [0.29, 0.717) is 25.5 Å². The van der Waals surface area contributed by atoms with Gasteiger partial charge in [0.25, 0.3) is 0 Å². The number of para-hydroxylation sites is 1.